The van der Waals surface area contributed by atoms with Crippen molar-refractivity contribution in [3.05, 3.63) is 24.5 Å². The molecule has 0 saturated heterocycles. The number of rotatable bonds is 2. The minimum absolute atomic E-state index is 0.440. The van der Waals surface area contributed by atoms with Gasteiger partial charge in [-0.15, -0.1) is 0 Å². The fourth-order valence-electron chi connectivity index (χ4n) is 0.585. The third kappa shape index (κ3) is 2.44. The molecule has 0 aliphatic rings. The molecule has 0 fully saturated rings. The summed E-state index contributed by atoms with van der Waals surface area (Å²) >= 11 is 10.6. The maximum atomic E-state index is 10.8. The highest BCUT2D eigenvalue weighted by molar-refractivity contribution is 6.54. The highest BCUT2D eigenvalue weighted by atomic mass is 35.5. The minimum atomic E-state index is -1.03. The number of alkyl halides is 2. The van der Waals surface area contributed by atoms with Gasteiger partial charge in [0, 0.05) is 12.4 Å². The number of carbonyl (C=O) groups is 1. The van der Waals surface area contributed by atoms with Crippen molar-refractivity contribution >= 4 is 29.1 Å². The second-order valence-corrected chi connectivity index (χ2v) is 2.96. The Bertz CT molecular complexity index is 233. The molecule has 60 valence electrons. The van der Waals surface area contributed by atoms with Crippen LogP contribution in [0.15, 0.2) is 24.5 Å². The van der Waals surface area contributed by atoms with Gasteiger partial charge in [-0.25, -0.2) is 0 Å². The highest BCUT2D eigenvalue weighted by Gasteiger charge is 2.09. The number of nitrogens with one attached hydrogen (secondary N) is 1. The summed E-state index contributed by atoms with van der Waals surface area (Å²) in [4.78, 5) is 9.78. The number of nitrogens with zero attached hydrogens (tertiary/aromatic N) is 1. The van der Waals surface area contributed by atoms with Gasteiger partial charge in [0.2, 0.25) is 0 Å². The largest absolute Gasteiger partial charge is 0.272 e. The van der Waals surface area contributed by atoms with E-state index in [0.29, 0.717) is 0 Å². The fraction of sp³-hybridized carbons (Fsp3) is 0.167. The predicted molar refractivity (Wildman–Crippen MR) is 44.3 cm³/mol. The lowest BCUT2D eigenvalue weighted by Gasteiger charge is -2.04. The molecule has 0 atom stereocenters. The van der Waals surface area contributed by atoms with Crippen molar-refractivity contribution in [3.63, 3.8) is 0 Å². The van der Waals surface area contributed by atoms with Crippen LogP contribution in [0.2, 0.25) is 0 Å². The first-order valence-corrected chi connectivity index (χ1v) is 3.79. The summed E-state index contributed by atoms with van der Waals surface area (Å²) < 4.78 is 1.47. The van der Waals surface area contributed by atoms with Crippen LogP contribution in [0.25, 0.3) is 0 Å². The van der Waals surface area contributed by atoms with Gasteiger partial charge in [-0.2, -0.15) is 0 Å². The van der Waals surface area contributed by atoms with E-state index in [0.717, 1.165) is 0 Å². The van der Waals surface area contributed by atoms with E-state index in [1.807, 2.05) is 0 Å². The summed E-state index contributed by atoms with van der Waals surface area (Å²) in [5, 5.41) is 0. The number of hydrogen-bond donors (Lipinski definition) is 1. The fourth-order valence-corrected chi connectivity index (χ4v) is 0.683. The third-order valence-electron chi connectivity index (χ3n) is 1.04. The van der Waals surface area contributed by atoms with E-state index in [2.05, 4.69) is 5.43 Å². The van der Waals surface area contributed by atoms with E-state index in [1.165, 1.54) is 4.68 Å². The molecule has 0 aliphatic carbocycles. The second-order valence-electron chi connectivity index (χ2n) is 1.87. The molecule has 11 heavy (non-hydrogen) atoms. The van der Waals surface area contributed by atoms with Crippen LogP contribution >= 0.6 is 23.2 Å². The van der Waals surface area contributed by atoms with Gasteiger partial charge in [-0.1, -0.05) is 23.2 Å². The predicted octanol–water partition coefficient (Wildman–Crippen LogP) is 1.36. The van der Waals surface area contributed by atoms with Gasteiger partial charge in [0.15, 0.2) is 4.84 Å². The van der Waals surface area contributed by atoms with Gasteiger partial charge >= 0.3 is 0 Å². The van der Waals surface area contributed by atoms with Crippen LogP contribution in [0, 0.1) is 0 Å². The smallest absolute Gasteiger partial charge is 0.270 e. The normalized spacial score (nSPS) is 10.1. The van der Waals surface area contributed by atoms with Crippen LogP contribution in [-0.2, 0) is 4.79 Å². The molecule has 0 aromatic carbocycles. The molecule has 0 radical (unpaired) electrons. The molecule has 1 rings (SSSR count). The Morgan fingerprint density at radius 3 is 2.36 bits per heavy atom. The second kappa shape index (κ2) is 3.64. The molecule has 1 amide bonds. The molecular weight excluding hydrogens is 187 g/mol. The standard InChI is InChI=1S/C6H6Cl2N2O/c7-5(8)6(11)9-10-3-1-2-4-10/h1-5H,(H,9,11). The number of amides is 1. The Morgan fingerprint density at radius 1 is 1.36 bits per heavy atom. The first-order valence-electron chi connectivity index (χ1n) is 2.92. The number of halogens is 2. The van der Waals surface area contributed by atoms with E-state index in [9.17, 15) is 4.79 Å². The van der Waals surface area contributed by atoms with Crippen molar-refractivity contribution in [2.75, 3.05) is 5.43 Å². The molecule has 0 unspecified atom stereocenters. The Kier molecular flexibility index (Phi) is 2.79. The zero-order chi connectivity index (χ0) is 8.27. The first-order chi connectivity index (χ1) is 5.20. The van der Waals surface area contributed by atoms with Crippen LogP contribution < -0.4 is 5.43 Å². The lowest BCUT2D eigenvalue weighted by molar-refractivity contribution is -0.115. The van der Waals surface area contributed by atoms with Crippen LogP contribution in [0.3, 0.4) is 0 Å². The Balaban J connectivity index is 2.50. The lowest BCUT2D eigenvalue weighted by atomic mass is 10.7. The number of carbonyl (C=O) groups excluding carboxylic acids is 1. The zero-order valence-electron chi connectivity index (χ0n) is 5.50. The van der Waals surface area contributed by atoms with Gasteiger partial charge < -0.3 is 0 Å². The van der Waals surface area contributed by atoms with Crippen molar-refractivity contribution in [2.45, 2.75) is 4.84 Å². The molecule has 5 heteroatoms. The summed E-state index contributed by atoms with van der Waals surface area (Å²) in [5.74, 6) is -0.440. The summed E-state index contributed by atoms with van der Waals surface area (Å²) in [6.07, 6.45) is 3.35. The molecule has 0 aliphatic heterocycles. The molecule has 1 heterocycles. The van der Waals surface area contributed by atoms with Crippen molar-refractivity contribution in [1.29, 1.82) is 0 Å². The summed E-state index contributed by atoms with van der Waals surface area (Å²) in [7, 11) is 0. The van der Waals surface area contributed by atoms with E-state index in [-0.39, 0.29) is 0 Å². The Morgan fingerprint density at radius 2 is 1.91 bits per heavy atom. The SMILES string of the molecule is O=C(Nn1cccc1)C(Cl)Cl. The van der Waals surface area contributed by atoms with E-state index in [1.54, 1.807) is 24.5 Å². The molecule has 1 aromatic rings. The monoisotopic (exact) mass is 192 g/mol. The summed E-state index contributed by atoms with van der Waals surface area (Å²) in [6.45, 7) is 0. The first kappa shape index (κ1) is 8.43. The number of aromatic nitrogens is 1. The van der Waals surface area contributed by atoms with Crippen molar-refractivity contribution in [1.82, 2.24) is 4.68 Å². The Hall–Kier alpha value is -0.670. The van der Waals surface area contributed by atoms with E-state index >= 15 is 0 Å². The van der Waals surface area contributed by atoms with Gasteiger partial charge in [0.1, 0.15) is 0 Å². The van der Waals surface area contributed by atoms with Crippen molar-refractivity contribution < 1.29 is 4.79 Å². The van der Waals surface area contributed by atoms with E-state index in [4.69, 9.17) is 23.2 Å². The average Bonchev–Trinajstić information content (AvgIpc) is 2.39. The lowest BCUT2D eigenvalue weighted by Crippen LogP contribution is -2.26. The zero-order valence-corrected chi connectivity index (χ0v) is 7.01. The maximum absolute atomic E-state index is 10.8. The summed E-state index contributed by atoms with van der Waals surface area (Å²) in [5.41, 5.74) is 2.44. The van der Waals surface area contributed by atoms with Gasteiger partial charge in [-0.3, -0.25) is 14.9 Å². The average molecular weight is 193 g/mol. The van der Waals surface area contributed by atoms with Gasteiger partial charge in [0.25, 0.3) is 5.91 Å². The third-order valence-corrected chi connectivity index (χ3v) is 1.44. The molecule has 1 aromatic heterocycles. The van der Waals surface area contributed by atoms with Crippen LogP contribution in [0.1, 0.15) is 0 Å². The maximum Gasteiger partial charge on any atom is 0.272 e. The van der Waals surface area contributed by atoms with Crippen LogP contribution in [0.4, 0.5) is 0 Å². The quantitative estimate of drug-likeness (QED) is 0.707. The van der Waals surface area contributed by atoms with Crippen molar-refractivity contribution in [2.24, 2.45) is 0 Å². The molecule has 3 nitrogen and oxygen atoms in total. The molecular formula is C6H6Cl2N2O. The van der Waals surface area contributed by atoms with Gasteiger partial charge in [-0.05, 0) is 12.1 Å². The molecule has 1 N–H and O–H groups in total. The van der Waals surface area contributed by atoms with Gasteiger partial charge in [0.05, 0.1) is 0 Å². The topological polar surface area (TPSA) is 34.0 Å². The molecule has 0 bridgehead atoms. The molecule has 0 spiro atoms. The minimum Gasteiger partial charge on any atom is -0.270 e. The number of hydrogen-bond acceptors (Lipinski definition) is 1. The highest BCUT2D eigenvalue weighted by Crippen LogP contribution is 2.01. The molecule has 0 saturated carbocycles. The van der Waals surface area contributed by atoms with Crippen LogP contribution in [-0.4, -0.2) is 15.4 Å². The van der Waals surface area contributed by atoms with Crippen LogP contribution in [0.5, 0.6) is 0 Å². The van der Waals surface area contributed by atoms with Crippen molar-refractivity contribution in [3.8, 4) is 0 Å². The summed E-state index contributed by atoms with van der Waals surface area (Å²) in [6, 6.07) is 3.55. The Labute approximate surface area is 73.9 Å². The van der Waals surface area contributed by atoms with E-state index < -0.39 is 10.7 Å².